The van der Waals surface area contributed by atoms with Crippen molar-refractivity contribution < 1.29 is 40.6 Å². The van der Waals surface area contributed by atoms with Crippen LogP contribution in [0.15, 0.2) is 18.2 Å². The number of carbonyl (C=O) groups is 1. The molecule has 1 rings (SSSR count). The maximum Gasteiger partial charge on any atom is 0.434 e. The number of halogens is 6. The molecule has 22 heavy (non-hydrogen) atoms. The molecule has 1 aromatic rings. The summed E-state index contributed by atoms with van der Waals surface area (Å²) in [7, 11) is 1.17. The van der Waals surface area contributed by atoms with E-state index in [-0.39, 0.29) is 11.4 Å². The molecule has 10 heteroatoms. The van der Waals surface area contributed by atoms with Crippen molar-refractivity contribution in [3.8, 4) is 11.5 Å². The van der Waals surface area contributed by atoms with Crippen LogP contribution in [0.4, 0.5) is 32.0 Å². The van der Waals surface area contributed by atoms with E-state index in [4.69, 9.17) is 4.74 Å². The first kappa shape index (κ1) is 17.9. The van der Waals surface area contributed by atoms with Gasteiger partial charge in [0, 0.05) is 13.0 Å². The summed E-state index contributed by atoms with van der Waals surface area (Å²) < 4.78 is 83.9. The smallest absolute Gasteiger partial charge is 0.434 e. The van der Waals surface area contributed by atoms with Crippen molar-refractivity contribution in [1.29, 1.82) is 0 Å². The quantitative estimate of drug-likeness (QED) is 0.859. The first-order valence-electron chi connectivity index (χ1n) is 5.71. The van der Waals surface area contributed by atoms with Gasteiger partial charge in [-0.25, -0.2) is 0 Å². The number of nitrogens with one attached hydrogen (secondary N) is 1. The van der Waals surface area contributed by atoms with Gasteiger partial charge in [-0.2, -0.15) is 26.3 Å². The minimum absolute atomic E-state index is 0.0350. The molecule has 0 unspecified atom stereocenters. The normalized spacial score (nSPS) is 12.2. The molecule has 0 aromatic heterocycles. The van der Waals surface area contributed by atoms with Crippen LogP contribution < -0.4 is 14.8 Å². The van der Waals surface area contributed by atoms with Crippen LogP contribution in [-0.4, -0.2) is 31.5 Å². The Bertz CT molecular complexity index is 527. The molecule has 0 spiro atoms. The predicted molar refractivity (Wildman–Crippen MR) is 63.8 cm³/mol. The number of ether oxygens (including phenoxy) is 2. The molecule has 0 bridgehead atoms. The molecule has 1 amide bonds. The van der Waals surface area contributed by atoms with E-state index in [1.165, 1.54) is 13.2 Å². The molecule has 0 heterocycles. The Kier molecular flexibility index (Phi) is 5.15. The molecule has 0 aliphatic heterocycles. The number of carbonyl (C=O) groups excluding carboxylic acids is 1. The van der Waals surface area contributed by atoms with Crippen LogP contribution in [0.25, 0.3) is 0 Å². The second-order valence-corrected chi connectivity index (χ2v) is 4.12. The van der Waals surface area contributed by atoms with E-state index in [1.54, 1.807) is 0 Å². The zero-order chi connectivity index (χ0) is 17.1. The number of methoxy groups -OCH3 is 1. The largest absolute Gasteiger partial charge is 0.497 e. The Morgan fingerprint density at radius 3 is 2.09 bits per heavy atom. The van der Waals surface area contributed by atoms with Crippen molar-refractivity contribution >= 4 is 11.6 Å². The van der Waals surface area contributed by atoms with Crippen LogP contribution in [0, 0.1) is 0 Å². The maximum absolute atomic E-state index is 12.5. The number of hydrogen-bond acceptors (Lipinski definition) is 3. The summed E-state index contributed by atoms with van der Waals surface area (Å²) in [4.78, 5) is 11.0. The molecule has 1 aromatic carbocycles. The lowest BCUT2D eigenvalue weighted by Crippen LogP contribution is -2.46. The number of amides is 1. The summed E-state index contributed by atoms with van der Waals surface area (Å²) in [5.41, 5.74) is -0.341. The molecule has 0 aliphatic rings. The van der Waals surface area contributed by atoms with Gasteiger partial charge < -0.3 is 14.8 Å². The fourth-order valence-electron chi connectivity index (χ4n) is 1.47. The Labute approximate surface area is 121 Å². The lowest BCUT2D eigenvalue weighted by atomic mass is 10.2. The SMILES string of the molecule is COc1ccc(NC(C)=O)c(OC(C(F)(F)F)C(F)(F)F)c1. The van der Waals surface area contributed by atoms with Gasteiger partial charge in [0.15, 0.2) is 0 Å². The first-order chi connectivity index (χ1) is 9.95. The summed E-state index contributed by atoms with van der Waals surface area (Å²) in [6.45, 7) is 1.04. The second kappa shape index (κ2) is 6.32. The van der Waals surface area contributed by atoms with Crippen molar-refractivity contribution in [1.82, 2.24) is 0 Å². The monoisotopic (exact) mass is 331 g/mol. The molecule has 0 saturated carbocycles. The van der Waals surface area contributed by atoms with Crippen LogP contribution in [0.3, 0.4) is 0 Å². The number of hydrogen-bond donors (Lipinski definition) is 1. The number of anilines is 1. The van der Waals surface area contributed by atoms with Gasteiger partial charge in [-0.1, -0.05) is 0 Å². The van der Waals surface area contributed by atoms with Gasteiger partial charge in [0.05, 0.1) is 12.8 Å². The molecular formula is C12H11F6NO3. The molecule has 0 aliphatic carbocycles. The van der Waals surface area contributed by atoms with E-state index >= 15 is 0 Å². The molecule has 4 nitrogen and oxygen atoms in total. The second-order valence-electron chi connectivity index (χ2n) is 4.12. The van der Waals surface area contributed by atoms with Crippen LogP contribution >= 0.6 is 0 Å². The summed E-state index contributed by atoms with van der Waals surface area (Å²) in [5.74, 6) is -1.54. The topological polar surface area (TPSA) is 47.6 Å². The molecule has 124 valence electrons. The van der Waals surface area contributed by atoms with E-state index < -0.39 is 30.1 Å². The van der Waals surface area contributed by atoms with Crippen LogP contribution in [0.5, 0.6) is 11.5 Å². The van der Waals surface area contributed by atoms with Gasteiger partial charge in [-0.05, 0) is 12.1 Å². The fraction of sp³-hybridized carbons (Fsp3) is 0.417. The number of alkyl halides is 6. The Morgan fingerprint density at radius 2 is 1.68 bits per heavy atom. The van der Waals surface area contributed by atoms with Gasteiger partial charge in [0.2, 0.25) is 5.91 Å². The molecule has 0 saturated heterocycles. The van der Waals surface area contributed by atoms with Crippen LogP contribution in [0.1, 0.15) is 6.92 Å². The van der Waals surface area contributed by atoms with Crippen LogP contribution in [-0.2, 0) is 4.79 Å². The van der Waals surface area contributed by atoms with E-state index in [0.29, 0.717) is 0 Å². The summed E-state index contributed by atoms with van der Waals surface area (Å²) >= 11 is 0. The third-order valence-electron chi connectivity index (χ3n) is 2.34. The summed E-state index contributed by atoms with van der Waals surface area (Å²) in [6, 6.07) is 3.13. The molecule has 1 N–H and O–H groups in total. The highest BCUT2D eigenvalue weighted by atomic mass is 19.4. The average Bonchev–Trinajstić information content (AvgIpc) is 2.33. The van der Waals surface area contributed by atoms with Gasteiger partial charge in [0.1, 0.15) is 11.5 Å². The van der Waals surface area contributed by atoms with Gasteiger partial charge in [-0.3, -0.25) is 4.79 Å². The summed E-state index contributed by atoms with van der Waals surface area (Å²) in [6.07, 6.45) is -15.4. The number of benzene rings is 1. The van der Waals surface area contributed by atoms with E-state index in [0.717, 1.165) is 19.1 Å². The van der Waals surface area contributed by atoms with Crippen molar-refractivity contribution in [2.45, 2.75) is 25.4 Å². The minimum Gasteiger partial charge on any atom is -0.497 e. The molecule has 0 radical (unpaired) electrons. The van der Waals surface area contributed by atoms with E-state index in [9.17, 15) is 31.1 Å². The third kappa shape index (κ3) is 4.71. The Hall–Kier alpha value is -2.13. The first-order valence-corrected chi connectivity index (χ1v) is 5.71. The van der Waals surface area contributed by atoms with E-state index in [2.05, 4.69) is 10.1 Å². The number of rotatable bonds is 4. The zero-order valence-electron chi connectivity index (χ0n) is 11.3. The Balaban J connectivity index is 3.24. The zero-order valence-corrected chi connectivity index (χ0v) is 11.3. The molecule has 0 fully saturated rings. The third-order valence-corrected chi connectivity index (χ3v) is 2.34. The van der Waals surface area contributed by atoms with Gasteiger partial charge in [0.25, 0.3) is 6.10 Å². The van der Waals surface area contributed by atoms with Crippen molar-refractivity contribution in [3.05, 3.63) is 18.2 Å². The lowest BCUT2D eigenvalue weighted by Gasteiger charge is -2.25. The van der Waals surface area contributed by atoms with Crippen LogP contribution in [0.2, 0.25) is 0 Å². The Morgan fingerprint density at radius 1 is 1.14 bits per heavy atom. The highest BCUT2D eigenvalue weighted by molar-refractivity contribution is 5.90. The molecular weight excluding hydrogens is 320 g/mol. The summed E-state index contributed by atoms with van der Waals surface area (Å²) in [5, 5.41) is 2.08. The lowest BCUT2D eigenvalue weighted by molar-refractivity contribution is -0.299. The predicted octanol–water partition coefficient (Wildman–Crippen LogP) is 3.53. The molecule has 0 atom stereocenters. The average molecular weight is 331 g/mol. The minimum atomic E-state index is -5.67. The van der Waals surface area contributed by atoms with Gasteiger partial charge >= 0.3 is 12.4 Å². The highest BCUT2D eigenvalue weighted by Gasteiger charge is 2.59. The van der Waals surface area contributed by atoms with Crippen molar-refractivity contribution in [2.24, 2.45) is 0 Å². The van der Waals surface area contributed by atoms with Crippen molar-refractivity contribution in [2.75, 3.05) is 12.4 Å². The fourth-order valence-corrected chi connectivity index (χ4v) is 1.47. The standard InChI is InChI=1S/C12H11F6NO3/c1-6(20)19-8-4-3-7(21-2)5-9(8)22-10(11(13,14)15)12(16,17)18/h3-5,10H,1-2H3,(H,19,20). The highest BCUT2D eigenvalue weighted by Crippen LogP contribution is 2.39. The van der Waals surface area contributed by atoms with E-state index in [1.807, 2.05) is 0 Å². The van der Waals surface area contributed by atoms with Crippen molar-refractivity contribution in [3.63, 3.8) is 0 Å². The maximum atomic E-state index is 12.5. The van der Waals surface area contributed by atoms with Gasteiger partial charge in [-0.15, -0.1) is 0 Å².